The second kappa shape index (κ2) is 13.7. The predicted octanol–water partition coefficient (Wildman–Crippen LogP) is 2.03. The number of aryl methyl sites for hydroxylation is 1. The average molecular weight is 467 g/mol. The Hall–Kier alpha value is -3.72. The van der Waals surface area contributed by atoms with Crippen LogP contribution in [0.3, 0.4) is 0 Å². The van der Waals surface area contributed by atoms with Gasteiger partial charge in [0.05, 0.1) is 23.3 Å². The Morgan fingerprint density at radius 3 is 2.44 bits per heavy atom. The summed E-state index contributed by atoms with van der Waals surface area (Å²) < 4.78 is 0. The van der Waals surface area contributed by atoms with Crippen molar-refractivity contribution in [3.63, 3.8) is 0 Å². The predicted molar refractivity (Wildman–Crippen MR) is 137 cm³/mol. The molecule has 2 amide bonds. The van der Waals surface area contributed by atoms with E-state index < -0.39 is 12.0 Å². The van der Waals surface area contributed by atoms with Crippen LogP contribution in [0, 0.1) is 11.3 Å². The highest BCUT2D eigenvalue weighted by Crippen LogP contribution is 2.31. The number of anilines is 3. The molecule has 0 fully saturated rings. The molecule has 9 nitrogen and oxygen atoms in total. The lowest BCUT2D eigenvalue weighted by Crippen LogP contribution is -2.43. The summed E-state index contributed by atoms with van der Waals surface area (Å²) in [5, 5.41) is 19.3. The van der Waals surface area contributed by atoms with Crippen LogP contribution in [-0.4, -0.2) is 58.5 Å². The number of carbonyl (C=O) groups is 3. The molecule has 9 heteroatoms. The molecule has 34 heavy (non-hydrogen) atoms. The Balaban J connectivity index is 2.00. The third kappa shape index (κ3) is 7.70. The molecule has 2 aromatic carbocycles. The van der Waals surface area contributed by atoms with E-state index in [1.165, 1.54) is 0 Å². The summed E-state index contributed by atoms with van der Waals surface area (Å²) in [6.07, 6.45) is 3.39. The second-order valence-corrected chi connectivity index (χ2v) is 8.11. The number of amides is 2. The molecule has 0 heterocycles. The maximum absolute atomic E-state index is 12.7. The number of nitrogens with one attached hydrogen (secondary N) is 5. The van der Waals surface area contributed by atoms with Crippen molar-refractivity contribution in [2.24, 2.45) is 5.92 Å². The Morgan fingerprint density at radius 2 is 1.85 bits per heavy atom. The van der Waals surface area contributed by atoms with Gasteiger partial charge in [-0.3, -0.25) is 9.59 Å². The SMILES string of the molecule is CNc1cc(CC[C@@H](C=O)NC(=O)C(C=N)CNCc2ccccc2)c(N(C)C)cc1NC=O. The van der Waals surface area contributed by atoms with Crippen molar-refractivity contribution in [2.75, 3.05) is 43.2 Å². The summed E-state index contributed by atoms with van der Waals surface area (Å²) in [4.78, 5) is 37.2. The van der Waals surface area contributed by atoms with Gasteiger partial charge in [-0.05, 0) is 36.1 Å². The van der Waals surface area contributed by atoms with Crippen molar-refractivity contribution >= 4 is 41.9 Å². The van der Waals surface area contributed by atoms with E-state index in [0.717, 1.165) is 35.0 Å². The highest BCUT2D eigenvalue weighted by atomic mass is 16.2. The maximum Gasteiger partial charge on any atom is 0.230 e. The minimum absolute atomic E-state index is 0.303. The first-order valence-electron chi connectivity index (χ1n) is 11.2. The van der Waals surface area contributed by atoms with Crippen LogP contribution in [0.15, 0.2) is 42.5 Å². The summed E-state index contributed by atoms with van der Waals surface area (Å²) in [7, 11) is 5.57. The number of carbonyl (C=O) groups excluding carboxylic acids is 3. The van der Waals surface area contributed by atoms with E-state index in [9.17, 15) is 14.4 Å². The van der Waals surface area contributed by atoms with Gasteiger partial charge in [0, 0.05) is 46.1 Å². The number of hydrogen-bond donors (Lipinski definition) is 5. The fourth-order valence-electron chi connectivity index (χ4n) is 3.61. The van der Waals surface area contributed by atoms with E-state index in [1.807, 2.05) is 61.5 Å². The first kappa shape index (κ1) is 26.5. The van der Waals surface area contributed by atoms with Crippen LogP contribution in [0.2, 0.25) is 0 Å². The molecule has 2 rings (SSSR count). The average Bonchev–Trinajstić information content (AvgIpc) is 2.85. The van der Waals surface area contributed by atoms with Crippen molar-refractivity contribution in [3.8, 4) is 0 Å². The first-order valence-corrected chi connectivity index (χ1v) is 11.2. The van der Waals surface area contributed by atoms with Crippen LogP contribution in [-0.2, 0) is 27.3 Å². The minimum atomic E-state index is -0.676. The minimum Gasteiger partial charge on any atom is -0.386 e. The van der Waals surface area contributed by atoms with Gasteiger partial charge in [-0.2, -0.15) is 0 Å². The zero-order valence-corrected chi connectivity index (χ0v) is 19.9. The zero-order chi connectivity index (χ0) is 24.9. The van der Waals surface area contributed by atoms with Gasteiger partial charge >= 0.3 is 0 Å². The summed E-state index contributed by atoms with van der Waals surface area (Å²) in [6.45, 7) is 0.892. The molecule has 182 valence electrons. The van der Waals surface area contributed by atoms with Crippen LogP contribution in [0.5, 0.6) is 0 Å². The number of aldehydes is 1. The first-order chi connectivity index (χ1) is 16.4. The van der Waals surface area contributed by atoms with Gasteiger partial charge in [0.15, 0.2) is 0 Å². The van der Waals surface area contributed by atoms with Gasteiger partial charge < -0.3 is 36.4 Å². The molecule has 0 aliphatic rings. The Kier molecular flexibility index (Phi) is 10.7. The van der Waals surface area contributed by atoms with Crippen LogP contribution in [0.25, 0.3) is 0 Å². The van der Waals surface area contributed by atoms with Gasteiger partial charge in [-0.15, -0.1) is 0 Å². The lowest BCUT2D eigenvalue weighted by Gasteiger charge is -2.22. The molecule has 0 aliphatic heterocycles. The van der Waals surface area contributed by atoms with Gasteiger partial charge in [0.25, 0.3) is 0 Å². The van der Waals surface area contributed by atoms with Crippen molar-refractivity contribution in [1.82, 2.24) is 10.6 Å². The fraction of sp³-hybridized carbons (Fsp3) is 0.360. The normalized spacial score (nSPS) is 12.2. The molecule has 0 saturated heterocycles. The molecule has 0 aliphatic carbocycles. The molecule has 1 unspecified atom stereocenters. The molecule has 0 spiro atoms. The van der Waals surface area contributed by atoms with Crippen molar-refractivity contribution in [3.05, 3.63) is 53.6 Å². The lowest BCUT2D eigenvalue weighted by atomic mass is 10.0. The van der Waals surface area contributed by atoms with E-state index in [4.69, 9.17) is 5.41 Å². The summed E-state index contributed by atoms with van der Waals surface area (Å²) in [6, 6.07) is 12.9. The van der Waals surface area contributed by atoms with Crippen LogP contribution < -0.4 is 26.2 Å². The Labute approximate surface area is 200 Å². The number of hydrogen-bond acceptors (Lipinski definition) is 7. The number of rotatable bonds is 15. The highest BCUT2D eigenvalue weighted by Gasteiger charge is 2.20. The molecule has 0 radical (unpaired) electrons. The summed E-state index contributed by atoms with van der Waals surface area (Å²) in [5.74, 6) is -1.03. The van der Waals surface area contributed by atoms with Crippen molar-refractivity contribution < 1.29 is 14.4 Å². The molecule has 0 bridgehead atoms. The van der Waals surface area contributed by atoms with Gasteiger partial charge in [0.1, 0.15) is 6.29 Å². The van der Waals surface area contributed by atoms with E-state index in [1.54, 1.807) is 7.05 Å². The van der Waals surface area contributed by atoms with Gasteiger partial charge in [0.2, 0.25) is 12.3 Å². The molecule has 2 atom stereocenters. The quantitative estimate of drug-likeness (QED) is 0.202. The Bertz CT molecular complexity index is 965. The number of benzene rings is 2. The molecular formula is C25H34N6O3. The van der Waals surface area contributed by atoms with E-state index in [0.29, 0.717) is 38.0 Å². The third-order valence-corrected chi connectivity index (χ3v) is 5.48. The largest absolute Gasteiger partial charge is 0.386 e. The van der Waals surface area contributed by atoms with Crippen LogP contribution >= 0.6 is 0 Å². The topological polar surface area (TPSA) is 126 Å². The fourth-order valence-corrected chi connectivity index (χ4v) is 3.61. The summed E-state index contributed by atoms with van der Waals surface area (Å²) >= 11 is 0. The highest BCUT2D eigenvalue weighted by molar-refractivity contribution is 5.94. The maximum atomic E-state index is 12.7. The van der Waals surface area contributed by atoms with E-state index in [-0.39, 0.29) is 5.91 Å². The molecule has 5 N–H and O–H groups in total. The molecule has 0 saturated carbocycles. The van der Waals surface area contributed by atoms with Gasteiger partial charge in [-0.1, -0.05) is 30.3 Å². The molecular weight excluding hydrogens is 432 g/mol. The van der Waals surface area contributed by atoms with Crippen molar-refractivity contribution in [1.29, 1.82) is 5.41 Å². The van der Waals surface area contributed by atoms with Crippen LogP contribution in [0.1, 0.15) is 17.5 Å². The van der Waals surface area contributed by atoms with E-state index >= 15 is 0 Å². The smallest absolute Gasteiger partial charge is 0.230 e. The third-order valence-electron chi connectivity index (χ3n) is 5.48. The lowest BCUT2D eigenvalue weighted by molar-refractivity contribution is -0.125. The number of nitrogens with zero attached hydrogens (tertiary/aromatic N) is 1. The van der Waals surface area contributed by atoms with Crippen molar-refractivity contribution in [2.45, 2.75) is 25.4 Å². The van der Waals surface area contributed by atoms with Crippen LogP contribution in [0.4, 0.5) is 17.1 Å². The zero-order valence-electron chi connectivity index (χ0n) is 19.9. The molecule has 0 aromatic heterocycles. The Morgan fingerprint density at radius 1 is 1.12 bits per heavy atom. The monoisotopic (exact) mass is 466 g/mol. The molecule has 2 aromatic rings. The standard InChI is InChI=1S/C25H34N6O3/c1-27-22-11-19(24(31(2)3)12-23(22)29-17-33)9-10-21(16-32)30-25(34)20(13-26)15-28-14-18-7-5-4-6-8-18/h4-8,11-13,16-17,20-21,26-28H,9-10,14-15H2,1-3H3,(H,29,33)(H,30,34)/t20?,21-/m0/s1. The summed E-state index contributed by atoms with van der Waals surface area (Å²) in [5.41, 5.74) is 4.38. The van der Waals surface area contributed by atoms with E-state index in [2.05, 4.69) is 21.3 Å². The van der Waals surface area contributed by atoms with Gasteiger partial charge in [-0.25, -0.2) is 0 Å². The second-order valence-electron chi connectivity index (χ2n) is 8.11.